The van der Waals surface area contributed by atoms with Crippen molar-refractivity contribution in [1.82, 2.24) is 10.3 Å². The number of aromatic nitrogens is 1. The number of urea groups is 1. The highest BCUT2D eigenvalue weighted by Gasteiger charge is 2.04. The Labute approximate surface area is 111 Å². The van der Waals surface area contributed by atoms with Gasteiger partial charge in [-0.3, -0.25) is 4.79 Å². The second-order valence-electron chi connectivity index (χ2n) is 4.16. The summed E-state index contributed by atoms with van der Waals surface area (Å²) in [6.45, 7) is 1.94. The van der Waals surface area contributed by atoms with Gasteiger partial charge in [0.05, 0.1) is 0 Å². The smallest absolute Gasteiger partial charge is 0.319 e. The number of rotatable bonds is 4. The van der Waals surface area contributed by atoms with Crippen molar-refractivity contribution in [3.05, 3.63) is 53.9 Å². The average molecular weight is 257 g/mol. The highest BCUT2D eigenvalue weighted by atomic mass is 16.2. The topological polar surface area (TPSA) is 74.0 Å². The van der Waals surface area contributed by atoms with Crippen molar-refractivity contribution in [3.63, 3.8) is 0 Å². The molecule has 0 bridgehead atoms. The quantitative estimate of drug-likeness (QED) is 0.736. The molecule has 0 aliphatic rings. The van der Waals surface area contributed by atoms with Gasteiger partial charge in [-0.2, -0.15) is 0 Å². The molecule has 0 unspecified atom stereocenters. The largest absolute Gasteiger partial charge is 0.367 e. The summed E-state index contributed by atoms with van der Waals surface area (Å²) in [5.74, 6) is -0.0311. The molecule has 5 nitrogen and oxygen atoms in total. The number of H-pyrrole nitrogens is 1. The Morgan fingerprint density at radius 3 is 2.79 bits per heavy atom. The fraction of sp³-hybridized carbons (Fsp3) is 0.143. The summed E-state index contributed by atoms with van der Waals surface area (Å²) >= 11 is 0. The minimum absolute atomic E-state index is 0.0311. The molecule has 2 amide bonds. The number of carbonyl (C=O) groups is 2. The number of carbonyl (C=O) groups excluding carboxylic acids is 2. The molecule has 19 heavy (non-hydrogen) atoms. The third-order valence-electron chi connectivity index (χ3n) is 2.64. The minimum Gasteiger partial charge on any atom is -0.367 e. The predicted molar refractivity (Wildman–Crippen MR) is 73.1 cm³/mol. The molecule has 2 aromatic rings. The minimum atomic E-state index is -0.304. The molecule has 0 fully saturated rings. The number of Topliss-reactive ketones (excluding diaryl/α,β-unsaturated/α-hetero) is 1. The van der Waals surface area contributed by atoms with E-state index in [0.29, 0.717) is 17.8 Å². The van der Waals surface area contributed by atoms with E-state index in [9.17, 15) is 9.59 Å². The van der Waals surface area contributed by atoms with E-state index in [1.165, 1.54) is 6.92 Å². The summed E-state index contributed by atoms with van der Waals surface area (Å²) < 4.78 is 0. The molecule has 0 radical (unpaired) electrons. The molecule has 2 rings (SSSR count). The van der Waals surface area contributed by atoms with Crippen LogP contribution in [-0.4, -0.2) is 16.8 Å². The lowest BCUT2D eigenvalue weighted by atomic mass is 10.1. The summed E-state index contributed by atoms with van der Waals surface area (Å²) in [7, 11) is 0. The number of ketones is 1. The van der Waals surface area contributed by atoms with Crippen LogP contribution in [-0.2, 0) is 6.54 Å². The Kier molecular flexibility index (Phi) is 3.97. The molecule has 1 aromatic heterocycles. The Balaban J connectivity index is 1.91. The van der Waals surface area contributed by atoms with Crippen molar-refractivity contribution in [2.45, 2.75) is 13.5 Å². The monoisotopic (exact) mass is 257 g/mol. The molecule has 98 valence electrons. The molecule has 3 N–H and O–H groups in total. The van der Waals surface area contributed by atoms with Crippen LogP contribution >= 0.6 is 0 Å². The molecular weight excluding hydrogens is 242 g/mol. The fourth-order valence-corrected chi connectivity index (χ4v) is 1.64. The van der Waals surface area contributed by atoms with Crippen LogP contribution in [0.3, 0.4) is 0 Å². The van der Waals surface area contributed by atoms with Crippen molar-refractivity contribution >= 4 is 17.5 Å². The van der Waals surface area contributed by atoms with Crippen LogP contribution in [0.4, 0.5) is 10.5 Å². The van der Waals surface area contributed by atoms with E-state index in [1.54, 1.807) is 30.5 Å². The zero-order chi connectivity index (χ0) is 13.7. The van der Waals surface area contributed by atoms with Gasteiger partial charge in [0.1, 0.15) is 0 Å². The lowest BCUT2D eigenvalue weighted by molar-refractivity contribution is 0.101. The summed E-state index contributed by atoms with van der Waals surface area (Å²) in [6, 6.07) is 8.42. The summed E-state index contributed by atoms with van der Waals surface area (Å²) in [5.41, 5.74) is 2.16. The molecule has 1 heterocycles. The maximum Gasteiger partial charge on any atom is 0.319 e. The number of amides is 2. The van der Waals surface area contributed by atoms with Crippen molar-refractivity contribution in [2.75, 3.05) is 5.32 Å². The second kappa shape index (κ2) is 5.86. The highest BCUT2D eigenvalue weighted by molar-refractivity contribution is 5.96. The normalized spacial score (nSPS) is 9.95. The Bertz CT molecular complexity index is 576. The number of aromatic amines is 1. The summed E-state index contributed by atoms with van der Waals surface area (Å²) in [5, 5.41) is 5.41. The predicted octanol–water partition coefficient (Wildman–Crippen LogP) is 2.54. The van der Waals surface area contributed by atoms with E-state index in [0.717, 1.165) is 5.56 Å². The molecule has 0 saturated carbocycles. The first-order valence-corrected chi connectivity index (χ1v) is 5.92. The Hall–Kier alpha value is -2.56. The number of hydrogen-bond donors (Lipinski definition) is 3. The Morgan fingerprint density at radius 2 is 2.11 bits per heavy atom. The van der Waals surface area contributed by atoms with Gasteiger partial charge in [0, 0.05) is 30.2 Å². The molecule has 0 atom stereocenters. The zero-order valence-corrected chi connectivity index (χ0v) is 10.6. The number of benzene rings is 1. The van der Waals surface area contributed by atoms with Gasteiger partial charge >= 0.3 is 6.03 Å². The molecule has 0 saturated heterocycles. The van der Waals surface area contributed by atoms with Crippen molar-refractivity contribution < 1.29 is 9.59 Å². The van der Waals surface area contributed by atoms with Crippen LogP contribution in [0.5, 0.6) is 0 Å². The average Bonchev–Trinajstić information content (AvgIpc) is 2.90. The molecule has 1 aromatic carbocycles. The van der Waals surface area contributed by atoms with Gasteiger partial charge in [-0.15, -0.1) is 0 Å². The van der Waals surface area contributed by atoms with Gasteiger partial charge in [-0.1, -0.05) is 12.1 Å². The van der Waals surface area contributed by atoms with Gasteiger partial charge in [-0.25, -0.2) is 4.79 Å². The van der Waals surface area contributed by atoms with Crippen molar-refractivity contribution in [1.29, 1.82) is 0 Å². The van der Waals surface area contributed by atoms with Crippen LogP contribution in [0.15, 0.2) is 42.7 Å². The number of anilines is 1. The van der Waals surface area contributed by atoms with Gasteiger partial charge in [0.2, 0.25) is 0 Å². The zero-order valence-electron chi connectivity index (χ0n) is 10.6. The first-order valence-electron chi connectivity index (χ1n) is 5.92. The maximum absolute atomic E-state index is 11.7. The highest BCUT2D eigenvalue weighted by Crippen LogP contribution is 2.11. The summed E-state index contributed by atoms with van der Waals surface area (Å²) in [4.78, 5) is 25.8. The van der Waals surface area contributed by atoms with Gasteiger partial charge in [-0.05, 0) is 30.7 Å². The van der Waals surface area contributed by atoms with Crippen LogP contribution in [0.1, 0.15) is 22.8 Å². The molecule has 5 heteroatoms. The van der Waals surface area contributed by atoms with E-state index >= 15 is 0 Å². The van der Waals surface area contributed by atoms with Crippen LogP contribution in [0.25, 0.3) is 0 Å². The first kappa shape index (κ1) is 12.9. The third kappa shape index (κ3) is 3.70. The molecule has 0 aliphatic carbocycles. The number of hydrogen-bond acceptors (Lipinski definition) is 2. The van der Waals surface area contributed by atoms with Gasteiger partial charge in [0.25, 0.3) is 0 Å². The Morgan fingerprint density at radius 1 is 1.26 bits per heavy atom. The first-order chi connectivity index (χ1) is 9.15. The maximum atomic E-state index is 11.7. The standard InChI is InChI=1S/C14H15N3O2/c1-10(18)12-3-2-4-13(7-12)17-14(19)16-9-11-5-6-15-8-11/h2-8,15H,9H2,1H3,(H2,16,17,19). The molecule has 0 aliphatic heterocycles. The fourth-order valence-electron chi connectivity index (χ4n) is 1.64. The SMILES string of the molecule is CC(=O)c1cccc(NC(=O)NCc2cc[nH]c2)c1. The molecule has 0 spiro atoms. The third-order valence-corrected chi connectivity index (χ3v) is 2.64. The van der Waals surface area contributed by atoms with E-state index in [1.807, 2.05) is 12.3 Å². The lowest BCUT2D eigenvalue weighted by Crippen LogP contribution is -2.28. The molecular formula is C14H15N3O2. The van der Waals surface area contributed by atoms with Crippen molar-refractivity contribution in [2.24, 2.45) is 0 Å². The number of nitrogens with one attached hydrogen (secondary N) is 3. The van der Waals surface area contributed by atoms with E-state index in [2.05, 4.69) is 15.6 Å². The second-order valence-corrected chi connectivity index (χ2v) is 4.16. The van der Waals surface area contributed by atoms with Gasteiger partial charge < -0.3 is 15.6 Å². The van der Waals surface area contributed by atoms with Crippen LogP contribution < -0.4 is 10.6 Å². The van der Waals surface area contributed by atoms with Crippen LogP contribution in [0.2, 0.25) is 0 Å². The van der Waals surface area contributed by atoms with Crippen molar-refractivity contribution in [3.8, 4) is 0 Å². The van der Waals surface area contributed by atoms with Crippen LogP contribution in [0, 0.1) is 0 Å². The van der Waals surface area contributed by atoms with E-state index in [-0.39, 0.29) is 11.8 Å². The lowest BCUT2D eigenvalue weighted by Gasteiger charge is -2.07. The summed E-state index contributed by atoms with van der Waals surface area (Å²) in [6.07, 6.45) is 3.61. The van der Waals surface area contributed by atoms with Gasteiger partial charge in [0.15, 0.2) is 5.78 Å². The van der Waals surface area contributed by atoms with E-state index < -0.39 is 0 Å². The van der Waals surface area contributed by atoms with E-state index in [4.69, 9.17) is 0 Å².